The maximum absolute atomic E-state index is 5.45. The van der Waals surface area contributed by atoms with Crippen LogP contribution in [0.15, 0.2) is 20.1 Å². The predicted molar refractivity (Wildman–Crippen MR) is 101 cm³/mol. The van der Waals surface area contributed by atoms with Crippen LogP contribution >= 0.6 is 0 Å². The van der Waals surface area contributed by atoms with E-state index in [1.807, 2.05) is 19.9 Å². The van der Waals surface area contributed by atoms with E-state index >= 15 is 0 Å². The van der Waals surface area contributed by atoms with Crippen LogP contribution in [0, 0.1) is 0 Å². The molecule has 150 valence electrons. The molecule has 2 N–H and O–H groups in total. The van der Waals surface area contributed by atoms with Gasteiger partial charge in [-0.25, -0.2) is 0 Å². The Balaban J connectivity index is 1.83. The van der Waals surface area contributed by atoms with Gasteiger partial charge in [0.15, 0.2) is 17.5 Å². The summed E-state index contributed by atoms with van der Waals surface area (Å²) in [6.45, 7) is 9.58. The molecule has 9 heteroatoms. The summed E-state index contributed by atoms with van der Waals surface area (Å²) in [6.07, 6.45) is 1.90. The Morgan fingerprint density at radius 3 is 2.56 bits per heavy atom. The monoisotopic (exact) mass is 378 g/mol. The van der Waals surface area contributed by atoms with Crippen molar-refractivity contribution in [2.75, 3.05) is 13.7 Å². The second-order valence-electron chi connectivity index (χ2n) is 6.15. The smallest absolute Gasteiger partial charge is 0.246 e. The van der Waals surface area contributed by atoms with E-state index < -0.39 is 0 Å². The van der Waals surface area contributed by atoms with E-state index in [0.717, 1.165) is 24.3 Å². The highest BCUT2D eigenvalue weighted by atomic mass is 16.5. The Morgan fingerprint density at radius 1 is 1.15 bits per heavy atom. The molecule has 1 unspecified atom stereocenters. The summed E-state index contributed by atoms with van der Waals surface area (Å²) in [5.74, 6) is 2.81. The summed E-state index contributed by atoms with van der Waals surface area (Å²) in [7, 11) is 1.70. The molecule has 2 rings (SSSR count). The van der Waals surface area contributed by atoms with Crippen LogP contribution in [0.5, 0.6) is 0 Å². The second kappa shape index (κ2) is 10.7. The fraction of sp³-hybridized carbons (Fsp3) is 0.667. The molecule has 2 aromatic rings. The first kappa shape index (κ1) is 20.9. The lowest BCUT2D eigenvalue weighted by Gasteiger charge is -2.08. The molecular weight excluding hydrogens is 348 g/mol. The number of hydrogen-bond donors (Lipinski definition) is 2. The van der Waals surface area contributed by atoms with E-state index in [0.29, 0.717) is 43.3 Å². The normalized spacial score (nSPS) is 13.2. The fourth-order valence-electron chi connectivity index (χ4n) is 2.69. The van der Waals surface area contributed by atoms with Crippen molar-refractivity contribution in [3.05, 3.63) is 29.2 Å². The summed E-state index contributed by atoms with van der Waals surface area (Å²) < 4.78 is 16.1. The van der Waals surface area contributed by atoms with E-state index in [4.69, 9.17) is 13.8 Å². The highest BCUT2D eigenvalue weighted by Crippen LogP contribution is 2.22. The molecule has 0 amide bonds. The van der Waals surface area contributed by atoms with E-state index in [-0.39, 0.29) is 6.10 Å². The number of nitrogens with zero attached hydrogens (tertiary/aromatic N) is 4. The Kier molecular flexibility index (Phi) is 8.25. The van der Waals surface area contributed by atoms with Crippen molar-refractivity contribution in [2.24, 2.45) is 4.99 Å². The van der Waals surface area contributed by atoms with Crippen LogP contribution in [0.1, 0.15) is 75.7 Å². The average molecular weight is 378 g/mol. The molecule has 27 heavy (non-hydrogen) atoms. The van der Waals surface area contributed by atoms with Crippen molar-refractivity contribution in [2.45, 2.75) is 65.6 Å². The van der Waals surface area contributed by atoms with Crippen LogP contribution < -0.4 is 10.6 Å². The first-order chi connectivity index (χ1) is 13.1. The highest BCUT2D eigenvalue weighted by molar-refractivity contribution is 5.79. The summed E-state index contributed by atoms with van der Waals surface area (Å²) in [6, 6.07) is 2.00. The zero-order valence-electron chi connectivity index (χ0n) is 16.8. The molecule has 0 saturated heterocycles. The summed E-state index contributed by atoms with van der Waals surface area (Å²) in [4.78, 5) is 8.50. The molecule has 9 nitrogen and oxygen atoms in total. The Labute approximate surface area is 159 Å². The van der Waals surface area contributed by atoms with E-state index in [1.54, 1.807) is 7.05 Å². The van der Waals surface area contributed by atoms with Crippen molar-refractivity contribution in [3.8, 4) is 0 Å². The van der Waals surface area contributed by atoms with Gasteiger partial charge >= 0.3 is 0 Å². The molecule has 0 aromatic carbocycles. The minimum absolute atomic E-state index is 0.194. The van der Waals surface area contributed by atoms with Crippen molar-refractivity contribution in [3.63, 3.8) is 0 Å². The van der Waals surface area contributed by atoms with Gasteiger partial charge in [-0.1, -0.05) is 24.2 Å². The molecule has 0 fully saturated rings. The van der Waals surface area contributed by atoms with Crippen LogP contribution in [0.4, 0.5) is 0 Å². The minimum atomic E-state index is -0.194. The molecule has 0 aliphatic heterocycles. The third-order valence-corrected chi connectivity index (χ3v) is 4.31. The Hall–Kier alpha value is -2.42. The summed E-state index contributed by atoms with van der Waals surface area (Å²) in [5, 5.41) is 14.4. The zero-order chi connectivity index (χ0) is 19.6. The topological polar surface area (TPSA) is 111 Å². The maximum Gasteiger partial charge on any atom is 0.246 e. The zero-order valence-corrected chi connectivity index (χ0v) is 16.8. The van der Waals surface area contributed by atoms with Gasteiger partial charge in [0, 0.05) is 25.6 Å². The van der Waals surface area contributed by atoms with Gasteiger partial charge in [-0.05, 0) is 26.7 Å². The standard InChI is InChI=1S/C18H30N6O3/c1-6-13(7-2)15-9-14(26-23-15)10-20-18(19-5)21-11-16-22-17(24-27-16)12(4)25-8-3/h9,12-13H,6-8,10-11H2,1-5H3,(H2,19,20,21). The van der Waals surface area contributed by atoms with Gasteiger partial charge in [0.25, 0.3) is 0 Å². The first-order valence-electron chi connectivity index (χ1n) is 9.45. The highest BCUT2D eigenvalue weighted by Gasteiger charge is 2.15. The average Bonchev–Trinajstić information content (AvgIpc) is 3.33. The third-order valence-electron chi connectivity index (χ3n) is 4.31. The van der Waals surface area contributed by atoms with Crippen LogP contribution in [0.2, 0.25) is 0 Å². The van der Waals surface area contributed by atoms with Crippen LogP contribution in [-0.2, 0) is 17.8 Å². The molecule has 0 spiro atoms. The number of aromatic nitrogens is 3. The van der Waals surface area contributed by atoms with Crippen molar-refractivity contribution < 1.29 is 13.8 Å². The number of ether oxygens (including phenoxy) is 1. The lowest BCUT2D eigenvalue weighted by molar-refractivity contribution is 0.0683. The van der Waals surface area contributed by atoms with Crippen molar-refractivity contribution in [1.29, 1.82) is 0 Å². The fourth-order valence-corrected chi connectivity index (χ4v) is 2.69. The SMILES string of the molecule is CCOC(C)c1noc(CNC(=NC)NCc2cc(C(CC)CC)no2)n1. The van der Waals surface area contributed by atoms with Gasteiger partial charge in [-0.3, -0.25) is 4.99 Å². The lowest BCUT2D eigenvalue weighted by atomic mass is 9.99. The molecule has 2 aromatic heterocycles. The van der Waals surface area contributed by atoms with Gasteiger partial charge in [-0.15, -0.1) is 0 Å². The van der Waals surface area contributed by atoms with E-state index in [1.165, 1.54) is 0 Å². The predicted octanol–water partition coefficient (Wildman–Crippen LogP) is 2.92. The maximum atomic E-state index is 5.45. The number of guanidine groups is 1. The molecular formula is C18H30N6O3. The van der Waals surface area contributed by atoms with Gasteiger partial charge in [-0.2, -0.15) is 4.98 Å². The van der Waals surface area contributed by atoms with Gasteiger partial charge < -0.3 is 24.4 Å². The largest absolute Gasteiger partial charge is 0.371 e. The second-order valence-corrected chi connectivity index (χ2v) is 6.15. The van der Waals surface area contributed by atoms with Crippen molar-refractivity contribution in [1.82, 2.24) is 25.9 Å². The summed E-state index contributed by atoms with van der Waals surface area (Å²) >= 11 is 0. The molecule has 0 saturated carbocycles. The number of aliphatic imine (C=N–C) groups is 1. The van der Waals surface area contributed by atoms with Gasteiger partial charge in [0.1, 0.15) is 6.10 Å². The Bertz CT molecular complexity index is 708. The number of nitrogens with one attached hydrogen (secondary N) is 2. The molecule has 0 aliphatic rings. The molecule has 2 heterocycles. The first-order valence-corrected chi connectivity index (χ1v) is 9.45. The van der Waals surface area contributed by atoms with Crippen LogP contribution in [0.3, 0.4) is 0 Å². The summed E-state index contributed by atoms with van der Waals surface area (Å²) in [5.41, 5.74) is 1.00. The van der Waals surface area contributed by atoms with Crippen molar-refractivity contribution >= 4 is 5.96 Å². The van der Waals surface area contributed by atoms with Gasteiger partial charge in [0.05, 0.1) is 18.8 Å². The number of rotatable bonds is 10. The number of hydrogen-bond acceptors (Lipinski definition) is 7. The third kappa shape index (κ3) is 6.06. The van der Waals surface area contributed by atoms with E-state index in [9.17, 15) is 0 Å². The van der Waals surface area contributed by atoms with Crippen LogP contribution in [-0.4, -0.2) is 34.9 Å². The van der Waals surface area contributed by atoms with E-state index in [2.05, 4.69) is 44.8 Å². The lowest BCUT2D eigenvalue weighted by Crippen LogP contribution is -2.36. The molecule has 0 aliphatic carbocycles. The molecule has 0 bridgehead atoms. The quantitative estimate of drug-likeness (QED) is 0.479. The minimum Gasteiger partial charge on any atom is -0.371 e. The Morgan fingerprint density at radius 2 is 1.89 bits per heavy atom. The van der Waals surface area contributed by atoms with Gasteiger partial charge in [0.2, 0.25) is 5.89 Å². The molecule has 1 atom stereocenters. The van der Waals surface area contributed by atoms with Crippen LogP contribution in [0.25, 0.3) is 0 Å². The molecule has 0 radical (unpaired) electrons.